The van der Waals surface area contributed by atoms with Crippen LogP contribution in [0.25, 0.3) is 0 Å². The van der Waals surface area contributed by atoms with E-state index in [1.54, 1.807) is 4.90 Å². The lowest BCUT2D eigenvalue weighted by Crippen LogP contribution is -2.39. The Hall–Kier alpha value is -1.65. The molecule has 1 heterocycles. The molecule has 1 fully saturated rings. The number of nitrogens with two attached hydrogens (primary N) is 1. The SMILES string of the molecule is CC1(C)CCCN1c1c(F)cc(C(=N)N)cc1F. The molecule has 3 nitrogen and oxygen atoms in total. The van der Waals surface area contributed by atoms with Crippen LogP contribution < -0.4 is 10.6 Å². The van der Waals surface area contributed by atoms with Crippen LogP contribution in [0.3, 0.4) is 0 Å². The molecule has 2 rings (SSSR count). The number of anilines is 1. The molecular weight excluding hydrogens is 236 g/mol. The van der Waals surface area contributed by atoms with Crippen LogP contribution in [-0.2, 0) is 0 Å². The van der Waals surface area contributed by atoms with E-state index in [0.717, 1.165) is 25.0 Å². The van der Waals surface area contributed by atoms with Gasteiger partial charge >= 0.3 is 0 Å². The molecule has 5 heteroatoms. The lowest BCUT2D eigenvalue weighted by Gasteiger charge is -2.34. The predicted molar refractivity (Wildman–Crippen MR) is 68.0 cm³/mol. The zero-order valence-corrected chi connectivity index (χ0v) is 10.6. The van der Waals surface area contributed by atoms with Gasteiger partial charge in [0.25, 0.3) is 0 Å². The second-order valence-corrected chi connectivity index (χ2v) is 5.27. The molecule has 0 unspecified atom stereocenters. The third-order valence-corrected chi connectivity index (χ3v) is 3.50. The summed E-state index contributed by atoms with van der Waals surface area (Å²) in [5.41, 5.74) is 5.06. The van der Waals surface area contributed by atoms with Crippen LogP contribution in [0.5, 0.6) is 0 Å². The fourth-order valence-electron chi connectivity index (χ4n) is 2.50. The first kappa shape index (κ1) is 12.8. The Labute approximate surface area is 105 Å². The Morgan fingerprint density at radius 2 is 1.89 bits per heavy atom. The monoisotopic (exact) mass is 253 g/mol. The van der Waals surface area contributed by atoms with Crippen LogP contribution in [0.2, 0.25) is 0 Å². The maximum absolute atomic E-state index is 14.0. The molecule has 0 atom stereocenters. The number of hydrogen-bond donors (Lipinski definition) is 2. The summed E-state index contributed by atoms with van der Waals surface area (Å²) < 4.78 is 28.1. The van der Waals surface area contributed by atoms with Crippen molar-refractivity contribution in [3.05, 3.63) is 29.3 Å². The van der Waals surface area contributed by atoms with Crippen molar-refractivity contribution in [1.82, 2.24) is 0 Å². The summed E-state index contributed by atoms with van der Waals surface area (Å²) in [5, 5.41) is 7.22. The van der Waals surface area contributed by atoms with Gasteiger partial charge in [0.1, 0.15) is 23.2 Å². The van der Waals surface area contributed by atoms with E-state index in [2.05, 4.69) is 0 Å². The van der Waals surface area contributed by atoms with Gasteiger partial charge in [-0.2, -0.15) is 0 Å². The molecule has 1 aromatic carbocycles. The van der Waals surface area contributed by atoms with Gasteiger partial charge in [-0.05, 0) is 38.8 Å². The molecule has 0 amide bonds. The van der Waals surface area contributed by atoms with Gasteiger partial charge in [-0.25, -0.2) is 8.78 Å². The minimum absolute atomic E-state index is 0.0116. The van der Waals surface area contributed by atoms with Gasteiger partial charge in [0.2, 0.25) is 0 Å². The average molecular weight is 253 g/mol. The van der Waals surface area contributed by atoms with Crippen LogP contribution in [0.1, 0.15) is 32.3 Å². The predicted octanol–water partition coefficient (Wildman–Crippen LogP) is 2.63. The number of nitrogen functional groups attached to an aromatic ring is 1. The Morgan fingerprint density at radius 3 is 2.28 bits per heavy atom. The van der Waals surface area contributed by atoms with Gasteiger partial charge in [0.05, 0.1) is 0 Å². The maximum atomic E-state index is 14.0. The zero-order valence-electron chi connectivity index (χ0n) is 10.6. The molecule has 0 aromatic heterocycles. The van der Waals surface area contributed by atoms with Gasteiger partial charge in [-0.15, -0.1) is 0 Å². The van der Waals surface area contributed by atoms with Crippen molar-refractivity contribution < 1.29 is 8.78 Å². The molecule has 0 aliphatic carbocycles. The van der Waals surface area contributed by atoms with Crippen molar-refractivity contribution in [2.75, 3.05) is 11.4 Å². The Morgan fingerprint density at radius 1 is 1.33 bits per heavy atom. The first-order valence-corrected chi connectivity index (χ1v) is 5.94. The fourth-order valence-corrected chi connectivity index (χ4v) is 2.50. The van der Waals surface area contributed by atoms with E-state index in [-0.39, 0.29) is 22.6 Å². The second kappa shape index (κ2) is 4.23. The highest BCUT2D eigenvalue weighted by molar-refractivity contribution is 5.95. The molecule has 0 spiro atoms. The topological polar surface area (TPSA) is 53.1 Å². The standard InChI is InChI=1S/C13H17F2N3/c1-13(2)4-3-5-18(13)11-9(14)6-8(12(16)17)7-10(11)15/h6-7H,3-5H2,1-2H3,(H3,16,17). The Balaban J connectivity index is 2.49. The number of nitrogens with one attached hydrogen (secondary N) is 1. The van der Waals surface area contributed by atoms with Crippen molar-refractivity contribution in [2.45, 2.75) is 32.2 Å². The van der Waals surface area contributed by atoms with Gasteiger partial charge in [0.15, 0.2) is 0 Å². The van der Waals surface area contributed by atoms with Crippen molar-refractivity contribution in [3.63, 3.8) is 0 Å². The lowest BCUT2D eigenvalue weighted by molar-refractivity contribution is 0.491. The summed E-state index contributed by atoms with van der Waals surface area (Å²) in [7, 11) is 0. The average Bonchev–Trinajstić information content (AvgIpc) is 2.57. The highest BCUT2D eigenvalue weighted by atomic mass is 19.1. The number of halogens is 2. The van der Waals surface area contributed by atoms with Crippen LogP contribution >= 0.6 is 0 Å². The number of rotatable bonds is 2. The Bertz CT molecular complexity index is 474. The highest BCUT2D eigenvalue weighted by Crippen LogP contribution is 2.36. The summed E-state index contributed by atoms with van der Waals surface area (Å²) in [6, 6.07) is 2.24. The summed E-state index contributed by atoms with van der Waals surface area (Å²) in [6.07, 6.45) is 1.82. The van der Waals surface area contributed by atoms with Crippen LogP contribution in [0, 0.1) is 17.0 Å². The first-order chi connectivity index (χ1) is 8.33. The third-order valence-electron chi connectivity index (χ3n) is 3.50. The zero-order chi connectivity index (χ0) is 13.5. The van der Waals surface area contributed by atoms with E-state index in [0.29, 0.717) is 6.54 Å². The third kappa shape index (κ3) is 2.05. The summed E-state index contributed by atoms with van der Waals surface area (Å²) in [6.45, 7) is 4.58. The van der Waals surface area contributed by atoms with Gasteiger partial charge in [0, 0.05) is 17.6 Å². The maximum Gasteiger partial charge on any atom is 0.150 e. The molecule has 1 saturated heterocycles. The first-order valence-electron chi connectivity index (χ1n) is 5.94. The number of hydrogen-bond acceptors (Lipinski definition) is 2. The molecule has 1 aliphatic rings. The van der Waals surface area contributed by atoms with Crippen molar-refractivity contribution in [1.29, 1.82) is 5.41 Å². The lowest BCUT2D eigenvalue weighted by atomic mass is 10.0. The molecule has 0 bridgehead atoms. The normalized spacial score (nSPS) is 18.1. The van der Waals surface area contributed by atoms with Gasteiger partial charge in [-0.3, -0.25) is 5.41 Å². The van der Waals surface area contributed by atoms with Crippen LogP contribution in [0.15, 0.2) is 12.1 Å². The largest absolute Gasteiger partial charge is 0.384 e. The van der Waals surface area contributed by atoms with Crippen LogP contribution in [0.4, 0.5) is 14.5 Å². The summed E-state index contributed by atoms with van der Waals surface area (Å²) in [4.78, 5) is 1.75. The molecule has 1 aromatic rings. The quantitative estimate of drug-likeness (QED) is 0.629. The summed E-state index contributed by atoms with van der Waals surface area (Å²) >= 11 is 0. The van der Waals surface area contributed by atoms with Gasteiger partial charge < -0.3 is 10.6 Å². The van der Waals surface area contributed by atoms with Crippen LogP contribution in [-0.4, -0.2) is 17.9 Å². The molecule has 1 aliphatic heterocycles. The second-order valence-electron chi connectivity index (χ2n) is 5.27. The number of benzene rings is 1. The number of amidine groups is 1. The van der Waals surface area contributed by atoms with E-state index < -0.39 is 11.6 Å². The smallest absolute Gasteiger partial charge is 0.150 e. The van der Waals surface area contributed by atoms with E-state index in [9.17, 15) is 8.78 Å². The van der Waals surface area contributed by atoms with Crippen molar-refractivity contribution in [2.24, 2.45) is 5.73 Å². The van der Waals surface area contributed by atoms with E-state index in [1.807, 2.05) is 13.8 Å². The molecule has 18 heavy (non-hydrogen) atoms. The van der Waals surface area contributed by atoms with E-state index in [4.69, 9.17) is 11.1 Å². The molecule has 3 N–H and O–H groups in total. The summed E-state index contributed by atoms with van der Waals surface area (Å²) in [5.74, 6) is -1.65. The van der Waals surface area contributed by atoms with E-state index in [1.165, 1.54) is 0 Å². The fraction of sp³-hybridized carbons (Fsp3) is 0.462. The molecule has 0 radical (unpaired) electrons. The molecule has 98 valence electrons. The number of nitrogens with zero attached hydrogens (tertiary/aromatic N) is 1. The van der Waals surface area contributed by atoms with Crippen molar-refractivity contribution in [3.8, 4) is 0 Å². The van der Waals surface area contributed by atoms with E-state index >= 15 is 0 Å². The Kier molecular flexibility index (Phi) is 3.00. The highest BCUT2D eigenvalue weighted by Gasteiger charge is 2.35. The molecular formula is C13H17F2N3. The molecule has 0 saturated carbocycles. The minimum atomic E-state index is -0.657. The van der Waals surface area contributed by atoms with Crippen molar-refractivity contribution >= 4 is 11.5 Å². The minimum Gasteiger partial charge on any atom is -0.384 e. The van der Waals surface area contributed by atoms with Gasteiger partial charge in [-0.1, -0.05) is 0 Å².